The fourth-order valence-electron chi connectivity index (χ4n) is 5.64. The molecule has 1 saturated heterocycles. The van der Waals surface area contributed by atoms with Gasteiger partial charge in [0.25, 0.3) is 5.56 Å². The van der Waals surface area contributed by atoms with Gasteiger partial charge in [0.2, 0.25) is 11.7 Å². The second-order valence-corrected chi connectivity index (χ2v) is 10.9. The highest BCUT2D eigenvalue weighted by molar-refractivity contribution is 6.30. The van der Waals surface area contributed by atoms with Gasteiger partial charge in [-0.1, -0.05) is 48.0 Å². The first-order chi connectivity index (χ1) is 19.4. The Labute approximate surface area is 237 Å². The fourth-order valence-corrected chi connectivity index (χ4v) is 5.77. The van der Waals surface area contributed by atoms with Crippen LogP contribution in [0.2, 0.25) is 5.02 Å². The van der Waals surface area contributed by atoms with E-state index in [1.807, 2.05) is 57.8 Å². The molecule has 2 aromatic heterocycles. The number of benzene rings is 3. The van der Waals surface area contributed by atoms with Crippen molar-refractivity contribution in [3.05, 3.63) is 105 Å². The standard InChI is InChI=1S/C31H31ClN6O2/c1-21-6-5-7-25(18-21)36-17-16-35(19-22(36)2)29(39)15-14-28-33-34-31-37(20-23-10-12-24(32)13-11-23)30(40)26-8-3-4-9-27(26)38(28)31/h3-13,18,22H,14-17,19-20H2,1-2H3/t22-/m0/s1. The van der Waals surface area contributed by atoms with Crippen molar-refractivity contribution < 1.29 is 4.79 Å². The average Bonchev–Trinajstić information content (AvgIpc) is 3.39. The van der Waals surface area contributed by atoms with Gasteiger partial charge < -0.3 is 9.80 Å². The molecule has 1 aliphatic rings. The maximum absolute atomic E-state index is 13.5. The second kappa shape index (κ2) is 10.8. The number of aromatic nitrogens is 4. The first kappa shape index (κ1) is 26.1. The third kappa shape index (κ3) is 4.95. The molecule has 0 N–H and O–H groups in total. The minimum absolute atomic E-state index is 0.103. The number of carbonyl (C=O) groups is 1. The lowest BCUT2D eigenvalue weighted by atomic mass is 10.1. The molecule has 0 aliphatic carbocycles. The van der Waals surface area contributed by atoms with Crippen molar-refractivity contribution in [3.63, 3.8) is 0 Å². The van der Waals surface area contributed by atoms with E-state index in [1.54, 1.807) is 4.57 Å². The lowest BCUT2D eigenvalue weighted by molar-refractivity contribution is -0.131. The normalized spacial score (nSPS) is 15.7. The number of halogens is 1. The first-order valence-electron chi connectivity index (χ1n) is 13.6. The van der Waals surface area contributed by atoms with E-state index in [0.29, 0.717) is 54.5 Å². The van der Waals surface area contributed by atoms with Crippen LogP contribution in [0.1, 0.15) is 30.3 Å². The van der Waals surface area contributed by atoms with Crippen LogP contribution in [0.15, 0.2) is 77.6 Å². The highest BCUT2D eigenvalue weighted by Gasteiger charge is 2.27. The molecule has 0 spiro atoms. The summed E-state index contributed by atoms with van der Waals surface area (Å²) in [6.45, 7) is 6.76. The molecule has 204 valence electrons. The molecule has 6 rings (SSSR count). The van der Waals surface area contributed by atoms with E-state index in [9.17, 15) is 9.59 Å². The summed E-state index contributed by atoms with van der Waals surface area (Å²) in [7, 11) is 0. The molecule has 3 aromatic carbocycles. The molecule has 0 radical (unpaired) electrons. The maximum Gasteiger partial charge on any atom is 0.263 e. The van der Waals surface area contributed by atoms with E-state index < -0.39 is 0 Å². The van der Waals surface area contributed by atoms with Crippen molar-refractivity contribution >= 4 is 39.9 Å². The van der Waals surface area contributed by atoms with Crippen molar-refractivity contribution in [2.45, 2.75) is 39.3 Å². The van der Waals surface area contributed by atoms with Crippen LogP contribution in [-0.2, 0) is 17.8 Å². The number of rotatable bonds is 6. The highest BCUT2D eigenvalue weighted by atomic mass is 35.5. The predicted molar refractivity (Wildman–Crippen MR) is 158 cm³/mol. The Balaban J connectivity index is 1.23. The monoisotopic (exact) mass is 554 g/mol. The van der Waals surface area contributed by atoms with Crippen molar-refractivity contribution in [3.8, 4) is 0 Å². The van der Waals surface area contributed by atoms with Crippen LogP contribution >= 0.6 is 11.6 Å². The van der Waals surface area contributed by atoms with E-state index in [2.05, 4.69) is 53.2 Å². The van der Waals surface area contributed by atoms with Gasteiger partial charge >= 0.3 is 0 Å². The van der Waals surface area contributed by atoms with Crippen molar-refractivity contribution in [1.82, 2.24) is 24.1 Å². The summed E-state index contributed by atoms with van der Waals surface area (Å²) in [5, 5.41) is 10.1. The Bertz CT molecular complexity index is 1760. The van der Waals surface area contributed by atoms with Crippen molar-refractivity contribution in [1.29, 1.82) is 0 Å². The molecule has 8 nitrogen and oxygen atoms in total. The molecule has 5 aromatic rings. The molecule has 0 bridgehead atoms. The number of anilines is 1. The molecule has 1 atom stereocenters. The van der Waals surface area contributed by atoms with E-state index in [-0.39, 0.29) is 17.5 Å². The number of hydrogen-bond acceptors (Lipinski definition) is 5. The zero-order chi connectivity index (χ0) is 27.8. The van der Waals surface area contributed by atoms with E-state index in [4.69, 9.17) is 11.6 Å². The molecule has 9 heteroatoms. The highest BCUT2D eigenvalue weighted by Crippen LogP contribution is 2.23. The minimum Gasteiger partial charge on any atom is -0.365 e. The average molecular weight is 555 g/mol. The molecular weight excluding hydrogens is 524 g/mol. The molecule has 1 amide bonds. The SMILES string of the molecule is Cc1cccc(N2CCN(C(=O)CCc3nnc4n(Cc5ccc(Cl)cc5)c(=O)c5ccccc5n34)C[C@@H]2C)c1. The Morgan fingerprint density at radius 1 is 1.00 bits per heavy atom. The molecule has 40 heavy (non-hydrogen) atoms. The minimum atomic E-state index is -0.131. The van der Waals surface area contributed by atoms with Crippen LogP contribution in [0, 0.1) is 6.92 Å². The van der Waals surface area contributed by atoms with Gasteiger partial charge in [-0.05, 0) is 61.4 Å². The maximum atomic E-state index is 13.5. The largest absolute Gasteiger partial charge is 0.365 e. The summed E-state index contributed by atoms with van der Waals surface area (Å²) < 4.78 is 3.55. The van der Waals surface area contributed by atoms with Crippen LogP contribution in [0.25, 0.3) is 16.7 Å². The van der Waals surface area contributed by atoms with Crippen molar-refractivity contribution in [2.75, 3.05) is 24.5 Å². The Kier molecular flexibility index (Phi) is 7.02. The van der Waals surface area contributed by atoms with Gasteiger partial charge in [-0.3, -0.25) is 18.6 Å². The second-order valence-electron chi connectivity index (χ2n) is 10.5. The third-order valence-corrected chi connectivity index (χ3v) is 7.96. The van der Waals surface area contributed by atoms with Gasteiger partial charge in [0.1, 0.15) is 5.82 Å². The molecule has 1 aliphatic heterocycles. The summed E-state index contributed by atoms with van der Waals surface area (Å²) in [6.07, 6.45) is 0.748. The Hall–Kier alpha value is -4.17. The van der Waals surface area contributed by atoms with Gasteiger partial charge in [0, 0.05) is 49.2 Å². The molecule has 0 unspecified atom stereocenters. The molecule has 3 heterocycles. The number of nitrogens with zero attached hydrogens (tertiary/aromatic N) is 6. The summed E-state index contributed by atoms with van der Waals surface area (Å²) in [5.41, 5.74) is 3.97. The van der Waals surface area contributed by atoms with Crippen molar-refractivity contribution in [2.24, 2.45) is 0 Å². The van der Waals surface area contributed by atoms with Crippen LogP contribution < -0.4 is 10.5 Å². The Morgan fingerprint density at radius 3 is 2.58 bits per heavy atom. The summed E-state index contributed by atoms with van der Waals surface area (Å²) >= 11 is 6.06. The quantitative estimate of drug-likeness (QED) is 0.303. The van der Waals surface area contributed by atoms with E-state index in [1.165, 1.54) is 11.3 Å². The number of amides is 1. The summed E-state index contributed by atoms with van der Waals surface area (Å²) in [4.78, 5) is 31.1. The summed E-state index contributed by atoms with van der Waals surface area (Å²) in [5.74, 6) is 1.23. The van der Waals surface area contributed by atoms with Crippen LogP contribution in [0.4, 0.5) is 5.69 Å². The number of piperazine rings is 1. The third-order valence-electron chi connectivity index (χ3n) is 7.70. The number of aryl methyl sites for hydroxylation is 2. The Morgan fingerprint density at radius 2 is 1.80 bits per heavy atom. The lowest BCUT2D eigenvalue weighted by Crippen LogP contribution is -2.53. The van der Waals surface area contributed by atoms with Gasteiger partial charge in [-0.25, -0.2) is 0 Å². The van der Waals surface area contributed by atoms with Crippen LogP contribution in [0.3, 0.4) is 0 Å². The van der Waals surface area contributed by atoms with Crippen LogP contribution in [0.5, 0.6) is 0 Å². The number of carbonyl (C=O) groups excluding carboxylic acids is 1. The lowest BCUT2D eigenvalue weighted by Gasteiger charge is -2.41. The fraction of sp³-hybridized carbons (Fsp3) is 0.290. The zero-order valence-electron chi connectivity index (χ0n) is 22.6. The van der Waals surface area contributed by atoms with E-state index in [0.717, 1.165) is 17.6 Å². The number of hydrogen-bond donors (Lipinski definition) is 0. The topological polar surface area (TPSA) is 75.7 Å². The van der Waals surface area contributed by atoms with Gasteiger partial charge in [0.15, 0.2) is 0 Å². The van der Waals surface area contributed by atoms with Gasteiger partial charge in [-0.2, -0.15) is 0 Å². The summed E-state index contributed by atoms with van der Waals surface area (Å²) in [6, 6.07) is 23.6. The first-order valence-corrected chi connectivity index (χ1v) is 14.0. The zero-order valence-corrected chi connectivity index (χ0v) is 23.4. The van der Waals surface area contributed by atoms with Gasteiger partial charge in [0.05, 0.1) is 17.4 Å². The molecular formula is C31H31ClN6O2. The van der Waals surface area contributed by atoms with Gasteiger partial charge in [-0.15, -0.1) is 10.2 Å². The van der Waals surface area contributed by atoms with E-state index >= 15 is 0 Å². The molecule has 1 fully saturated rings. The number of fused-ring (bicyclic) bond motifs is 3. The van der Waals surface area contributed by atoms with Crippen LogP contribution in [-0.4, -0.2) is 55.6 Å². The predicted octanol–water partition coefficient (Wildman–Crippen LogP) is 4.72. The molecule has 0 saturated carbocycles. The smallest absolute Gasteiger partial charge is 0.263 e. The number of para-hydroxylation sites is 1.